The van der Waals surface area contributed by atoms with Crippen LogP contribution in [0.15, 0.2) is 24.3 Å². The van der Waals surface area contributed by atoms with Gasteiger partial charge in [-0.25, -0.2) is 4.68 Å². The molecule has 0 aliphatic rings. The van der Waals surface area contributed by atoms with Crippen molar-refractivity contribution in [3.05, 3.63) is 41.2 Å². The third kappa shape index (κ3) is 3.64. The van der Waals surface area contributed by atoms with Gasteiger partial charge in [0.25, 0.3) is 0 Å². The largest absolute Gasteiger partial charge is 0.416 e. The Morgan fingerprint density at radius 2 is 1.68 bits per heavy atom. The maximum absolute atomic E-state index is 12.6. The third-order valence-corrected chi connectivity index (χ3v) is 3.46. The summed E-state index contributed by atoms with van der Waals surface area (Å²) in [6.45, 7) is 8.50. The van der Waals surface area contributed by atoms with Crippen molar-refractivity contribution in [3.8, 4) is 0 Å². The molecular weight excluding hydrogens is 293 g/mol. The van der Waals surface area contributed by atoms with E-state index >= 15 is 0 Å². The van der Waals surface area contributed by atoms with Gasteiger partial charge in [-0.1, -0.05) is 39.8 Å². The van der Waals surface area contributed by atoms with Crippen molar-refractivity contribution in [1.82, 2.24) is 20.2 Å². The highest BCUT2D eigenvalue weighted by Crippen LogP contribution is 2.30. The van der Waals surface area contributed by atoms with Crippen molar-refractivity contribution < 1.29 is 13.2 Å². The molecule has 2 aromatic rings. The Kier molecular flexibility index (Phi) is 4.26. The Labute approximate surface area is 127 Å². The molecule has 2 rings (SSSR count). The lowest BCUT2D eigenvalue weighted by Crippen LogP contribution is -2.21. The smallest absolute Gasteiger partial charge is 0.228 e. The molecule has 0 aliphatic heterocycles. The summed E-state index contributed by atoms with van der Waals surface area (Å²) in [6, 6.07) is 5.23. The van der Waals surface area contributed by atoms with Crippen LogP contribution in [0.25, 0.3) is 0 Å². The van der Waals surface area contributed by atoms with Crippen LogP contribution in [-0.2, 0) is 18.1 Å². The molecule has 0 N–H and O–H groups in total. The number of rotatable bonds is 3. The number of halogens is 3. The number of alkyl halides is 3. The minimum absolute atomic E-state index is 0.00637. The average molecular weight is 312 g/mol. The van der Waals surface area contributed by atoms with E-state index in [1.165, 1.54) is 12.1 Å². The first-order valence-electron chi connectivity index (χ1n) is 7.03. The van der Waals surface area contributed by atoms with Crippen molar-refractivity contribution in [2.24, 2.45) is 0 Å². The topological polar surface area (TPSA) is 43.6 Å². The van der Waals surface area contributed by atoms with E-state index < -0.39 is 11.7 Å². The summed E-state index contributed by atoms with van der Waals surface area (Å²) in [6.07, 6.45) is -4.31. The van der Waals surface area contributed by atoms with Gasteiger partial charge >= 0.3 is 6.18 Å². The molecule has 0 fully saturated rings. The summed E-state index contributed by atoms with van der Waals surface area (Å²) in [5, 5.41) is 11.7. The number of hydrogen-bond acceptors (Lipinski definition) is 3. The van der Waals surface area contributed by atoms with Gasteiger partial charge in [-0.05, 0) is 28.1 Å². The van der Waals surface area contributed by atoms with Gasteiger partial charge in [0.2, 0.25) is 0 Å². The quantitative estimate of drug-likeness (QED) is 0.866. The number of hydrogen-bond donors (Lipinski definition) is 0. The third-order valence-electron chi connectivity index (χ3n) is 3.46. The Morgan fingerprint density at radius 1 is 1.09 bits per heavy atom. The SMILES string of the molecule is C[C@@H](Cn1nnnc1C(C)(C)C)c1ccc(C(F)(F)F)cc1. The first-order valence-corrected chi connectivity index (χ1v) is 7.03. The number of benzene rings is 1. The fourth-order valence-electron chi connectivity index (χ4n) is 2.23. The zero-order valence-corrected chi connectivity index (χ0v) is 13.0. The van der Waals surface area contributed by atoms with Crippen LogP contribution in [0.2, 0.25) is 0 Å². The van der Waals surface area contributed by atoms with Gasteiger partial charge in [0.05, 0.1) is 12.1 Å². The fraction of sp³-hybridized carbons (Fsp3) is 0.533. The van der Waals surface area contributed by atoms with E-state index in [2.05, 4.69) is 15.5 Å². The predicted molar refractivity (Wildman–Crippen MR) is 76.4 cm³/mol. The number of aromatic nitrogens is 4. The molecule has 0 bridgehead atoms. The Hall–Kier alpha value is -1.92. The van der Waals surface area contributed by atoms with Crippen molar-refractivity contribution in [2.75, 3.05) is 0 Å². The first-order chi connectivity index (χ1) is 10.1. The van der Waals surface area contributed by atoms with Gasteiger partial charge in [-0.15, -0.1) is 5.10 Å². The molecule has 1 heterocycles. The molecule has 0 unspecified atom stereocenters. The van der Waals surface area contributed by atoms with E-state index in [0.717, 1.165) is 23.5 Å². The molecular formula is C15H19F3N4. The molecule has 0 radical (unpaired) electrons. The minimum Gasteiger partial charge on any atom is -0.228 e. The van der Waals surface area contributed by atoms with Crippen molar-refractivity contribution in [1.29, 1.82) is 0 Å². The maximum atomic E-state index is 12.6. The maximum Gasteiger partial charge on any atom is 0.416 e. The second kappa shape index (κ2) is 5.70. The van der Waals surface area contributed by atoms with Crippen LogP contribution < -0.4 is 0 Å². The predicted octanol–water partition coefficient (Wildman–Crippen LogP) is 3.79. The van der Waals surface area contributed by atoms with Gasteiger partial charge < -0.3 is 0 Å². The molecule has 120 valence electrons. The van der Waals surface area contributed by atoms with Gasteiger partial charge in [-0.2, -0.15) is 13.2 Å². The lowest BCUT2D eigenvalue weighted by molar-refractivity contribution is -0.137. The molecule has 0 aliphatic carbocycles. The average Bonchev–Trinajstić information content (AvgIpc) is 2.86. The first kappa shape index (κ1) is 16.5. The van der Waals surface area contributed by atoms with E-state index in [9.17, 15) is 13.2 Å². The van der Waals surface area contributed by atoms with Crippen LogP contribution in [0.3, 0.4) is 0 Å². The number of tetrazole rings is 1. The molecule has 1 atom stereocenters. The summed E-state index contributed by atoms with van der Waals surface area (Å²) in [5.41, 5.74) is -0.00628. The normalized spacial score (nSPS) is 14.1. The molecule has 4 nitrogen and oxygen atoms in total. The van der Waals surface area contributed by atoms with E-state index in [0.29, 0.717) is 6.54 Å². The van der Waals surface area contributed by atoms with E-state index in [1.54, 1.807) is 4.68 Å². The Bertz CT molecular complexity index is 623. The highest BCUT2D eigenvalue weighted by atomic mass is 19.4. The lowest BCUT2D eigenvalue weighted by atomic mass is 9.95. The van der Waals surface area contributed by atoms with Crippen LogP contribution in [0.1, 0.15) is 50.6 Å². The van der Waals surface area contributed by atoms with Gasteiger partial charge in [-0.3, -0.25) is 0 Å². The van der Waals surface area contributed by atoms with Crippen LogP contribution >= 0.6 is 0 Å². The molecule has 0 saturated carbocycles. The molecule has 7 heteroatoms. The zero-order chi connectivity index (χ0) is 16.5. The minimum atomic E-state index is -4.31. The van der Waals surface area contributed by atoms with Crippen LogP contribution in [0.4, 0.5) is 13.2 Å². The second-order valence-electron chi connectivity index (χ2n) is 6.46. The number of nitrogens with zero attached hydrogens (tertiary/aromatic N) is 4. The van der Waals surface area contributed by atoms with Crippen LogP contribution in [0, 0.1) is 0 Å². The van der Waals surface area contributed by atoms with E-state index in [-0.39, 0.29) is 11.3 Å². The summed E-state index contributed by atoms with van der Waals surface area (Å²) >= 11 is 0. The summed E-state index contributed by atoms with van der Waals surface area (Å²) in [4.78, 5) is 0. The zero-order valence-electron chi connectivity index (χ0n) is 13.0. The molecule has 22 heavy (non-hydrogen) atoms. The summed E-state index contributed by atoms with van der Waals surface area (Å²) < 4.78 is 39.4. The Balaban J connectivity index is 2.16. The fourth-order valence-corrected chi connectivity index (χ4v) is 2.23. The molecule has 0 saturated heterocycles. The molecule has 0 amide bonds. The molecule has 1 aromatic carbocycles. The van der Waals surface area contributed by atoms with E-state index in [1.807, 2.05) is 27.7 Å². The van der Waals surface area contributed by atoms with Crippen molar-refractivity contribution >= 4 is 0 Å². The highest BCUT2D eigenvalue weighted by molar-refractivity contribution is 5.26. The summed E-state index contributed by atoms with van der Waals surface area (Å²) in [5.74, 6) is 0.762. The monoisotopic (exact) mass is 312 g/mol. The van der Waals surface area contributed by atoms with Gasteiger partial charge in [0.1, 0.15) is 0 Å². The van der Waals surface area contributed by atoms with Crippen molar-refractivity contribution in [3.63, 3.8) is 0 Å². The highest BCUT2D eigenvalue weighted by Gasteiger charge is 2.30. The van der Waals surface area contributed by atoms with Crippen LogP contribution in [0.5, 0.6) is 0 Å². The van der Waals surface area contributed by atoms with Crippen molar-refractivity contribution in [2.45, 2.75) is 51.7 Å². The van der Waals surface area contributed by atoms with Crippen LogP contribution in [-0.4, -0.2) is 20.2 Å². The lowest BCUT2D eigenvalue weighted by Gasteiger charge is -2.19. The van der Waals surface area contributed by atoms with E-state index in [4.69, 9.17) is 0 Å². The van der Waals surface area contributed by atoms with Gasteiger partial charge in [0, 0.05) is 11.3 Å². The molecule has 1 aromatic heterocycles. The standard InChI is InChI=1S/C15H19F3N4/c1-10(9-22-13(14(2,3)4)19-20-21-22)11-5-7-12(8-6-11)15(16,17)18/h5-8,10H,9H2,1-4H3/t10-/m0/s1. The van der Waals surface area contributed by atoms with Gasteiger partial charge in [0.15, 0.2) is 5.82 Å². The Morgan fingerprint density at radius 3 is 2.18 bits per heavy atom. The second-order valence-corrected chi connectivity index (χ2v) is 6.46. The summed E-state index contributed by atoms with van der Waals surface area (Å²) in [7, 11) is 0. The molecule has 0 spiro atoms.